The minimum atomic E-state index is 0.0456. The second-order valence-electron chi connectivity index (χ2n) is 3.71. The summed E-state index contributed by atoms with van der Waals surface area (Å²) < 4.78 is 0. The Labute approximate surface area is 115 Å². The van der Waals surface area contributed by atoms with Gasteiger partial charge in [0, 0.05) is 5.75 Å². The number of benzene rings is 2. The van der Waals surface area contributed by atoms with Crippen molar-refractivity contribution in [3.8, 4) is 10.8 Å². The summed E-state index contributed by atoms with van der Waals surface area (Å²) in [5.74, 6) is 0.632. The molecule has 1 unspecified atom stereocenters. The van der Waals surface area contributed by atoms with E-state index in [-0.39, 0.29) is 5.25 Å². The maximum atomic E-state index is 8.83. The van der Waals surface area contributed by atoms with Crippen molar-refractivity contribution >= 4 is 34.3 Å². The first-order chi connectivity index (χ1) is 8.85. The monoisotopic (exact) mass is 270 g/mol. The average Bonchev–Trinajstić information content (AvgIpc) is 2.43. The number of rotatable bonds is 4. The minimum Gasteiger partial charge on any atom is -0.185 e. The first-order valence-corrected chi connectivity index (χ1v) is 7.26. The predicted molar refractivity (Wildman–Crippen MR) is 78.0 cm³/mol. The van der Waals surface area contributed by atoms with Crippen molar-refractivity contribution in [3.05, 3.63) is 48.0 Å². The Hall–Kier alpha value is -1.62. The summed E-state index contributed by atoms with van der Waals surface area (Å²) in [6.07, 6.45) is 0. The zero-order valence-corrected chi connectivity index (χ0v) is 11.2. The van der Waals surface area contributed by atoms with Crippen LogP contribution in [-0.2, 0) is 0 Å². The first-order valence-electron chi connectivity index (χ1n) is 5.39. The standard InChI is InChI=1S/C14H10N2S2/c15-9-17-8-14(18-10-16)13-6-5-11-3-1-2-4-12(11)7-13/h1-7,14H,8H2. The van der Waals surface area contributed by atoms with E-state index in [0.29, 0.717) is 5.75 Å². The van der Waals surface area contributed by atoms with Crippen molar-refractivity contribution in [1.29, 1.82) is 10.5 Å². The Balaban J connectivity index is 2.32. The molecule has 0 spiro atoms. The van der Waals surface area contributed by atoms with Crippen LogP contribution in [0.25, 0.3) is 10.8 Å². The largest absolute Gasteiger partial charge is 0.185 e. The van der Waals surface area contributed by atoms with Crippen LogP contribution in [-0.4, -0.2) is 5.75 Å². The van der Waals surface area contributed by atoms with E-state index in [1.165, 1.54) is 34.3 Å². The van der Waals surface area contributed by atoms with E-state index in [1.54, 1.807) is 0 Å². The maximum Gasteiger partial charge on any atom is 0.134 e. The molecule has 2 rings (SSSR count). The summed E-state index contributed by atoms with van der Waals surface area (Å²) in [7, 11) is 0. The number of fused-ring (bicyclic) bond motifs is 1. The molecular weight excluding hydrogens is 260 g/mol. The number of thioether (sulfide) groups is 2. The summed E-state index contributed by atoms with van der Waals surface area (Å²) >= 11 is 2.40. The Morgan fingerprint density at radius 1 is 1.00 bits per heavy atom. The lowest BCUT2D eigenvalue weighted by Crippen LogP contribution is -1.96. The minimum absolute atomic E-state index is 0.0456. The van der Waals surface area contributed by atoms with Crippen molar-refractivity contribution in [2.45, 2.75) is 5.25 Å². The molecule has 0 radical (unpaired) electrons. The van der Waals surface area contributed by atoms with Crippen LogP contribution >= 0.6 is 23.5 Å². The molecule has 88 valence electrons. The molecule has 2 aromatic carbocycles. The molecular formula is C14H10N2S2. The van der Waals surface area contributed by atoms with Gasteiger partial charge < -0.3 is 0 Å². The number of nitriles is 2. The zero-order chi connectivity index (χ0) is 12.8. The molecule has 0 aromatic heterocycles. The number of thiocyanates is 2. The Morgan fingerprint density at radius 3 is 2.50 bits per heavy atom. The lowest BCUT2D eigenvalue weighted by Gasteiger charge is -2.11. The molecule has 4 heteroatoms. The van der Waals surface area contributed by atoms with Crippen molar-refractivity contribution in [3.63, 3.8) is 0 Å². The van der Waals surface area contributed by atoms with E-state index in [9.17, 15) is 0 Å². The van der Waals surface area contributed by atoms with E-state index in [0.717, 1.165) is 5.56 Å². The van der Waals surface area contributed by atoms with Crippen molar-refractivity contribution in [2.24, 2.45) is 0 Å². The van der Waals surface area contributed by atoms with Gasteiger partial charge in [0.15, 0.2) is 0 Å². The van der Waals surface area contributed by atoms with Gasteiger partial charge in [-0.25, -0.2) is 0 Å². The van der Waals surface area contributed by atoms with Crippen LogP contribution in [0.1, 0.15) is 10.8 Å². The van der Waals surface area contributed by atoms with Crippen LogP contribution in [0.3, 0.4) is 0 Å². The van der Waals surface area contributed by atoms with Gasteiger partial charge in [-0.3, -0.25) is 0 Å². The fraction of sp³-hybridized carbons (Fsp3) is 0.143. The second kappa shape index (κ2) is 6.35. The smallest absolute Gasteiger partial charge is 0.134 e. The zero-order valence-electron chi connectivity index (χ0n) is 9.54. The van der Waals surface area contributed by atoms with Gasteiger partial charge in [0.05, 0.1) is 5.25 Å². The molecule has 0 aliphatic heterocycles. The molecule has 1 atom stereocenters. The second-order valence-corrected chi connectivity index (χ2v) is 5.50. The summed E-state index contributed by atoms with van der Waals surface area (Å²) in [5.41, 5.74) is 1.10. The Kier molecular flexibility index (Phi) is 4.52. The predicted octanol–water partition coefficient (Wildman–Crippen LogP) is 4.31. The van der Waals surface area contributed by atoms with E-state index < -0.39 is 0 Å². The molecule has 0 fully saturated rings. The molecule has 0 saturated carbocycles. The van der Waals surface area contributed by atoms with Gasteiger partial charge in [-0.05, 0) is 45.9 Å². The van der Waals surface area contributed by atoms with Gasteiger partial charge in [0.1, 0.15) is 10.8 Å². The van der Waals surface area contributed by atoms with Crippen molar-refractivity contribution in [1.82, 2.24) is 0 Å². The third-order valence-electron chi connectivity index (χ3n) is 2.64. The highest BCUT2D eigenvalue weighted by atomic mass is 32.2. The molecule has 0 N–H and O–H groups in total. The Morgan fingerprint density at radius 2 is 1.78 bits per heavy atom. The Bertz CT molecular complexity index is 625. The lowest BCUT2D eigenvalue weighted by molar-refractivity contribution is 1.13. The highest BCUT2D eigenvalue weighted by Crippen LogP contribution is 2.32. The topological polar surface area (TPSA) is 47.6 Å². The van der Waals surface area contributed by atoms with Crippen molar-refractivity contribution < 1.29 is 0 Å². The lowest BCUT2D eigenvalue weighted by atomic mass is 10.1. The van der Waals surface area contributed by atoms with Gasteiger partial charge in [0.2, 0.25) is 0 Å². The highest BCUT2D eigenvalue weighted by molar-refractivity contribution is 8.07. The third kappa shape index (κ3) is 2.98. The van der Waals surface area contributed by atoms with Gasteiger partial charge in [-0.2, -0.15) is 10.5 Å². The number of nitrogens with zero attached hydrogens (tertiary/aromatic N) is 2. The van der Waals surface area contributed by atoms with Crippen LogP contribution in [0.15, 0.2) is 42.5 Å². The van der Waals surface area contributed by atoms with E-state index >= 15 is 0 Å². The summed E-state index contributed by atoms with van der Waals surface area (Å²) in [6, 6.07) is 14.3. The number of hydrogen-bond acceptors (Lipinski definition) is 4. The normalized spacial score (nSPS) is 11.7. The molecule has 0 aliphatic rings. The molecule has 2 aromatic rings. The number of hydrogen-bond donors (Lipinski definition) is 0. The van der Waals surface area contributed by atoms with Crippen LogP contribution < -0.4 is 0 Å². The summed E-state index contributed by atoms with van der Waals surface area (Å²) in [4.78, 5) is 0. The molecule has 0 aliphatic carbocycles. The van der Waals surface area contributed by atoms with Gasteiger partial charge >= 0.3 is 0 Å². The van der Waals surface area contributed by atoms with Gasteiger partial charge in [-0.1, -0.05) is 36.4 Å². The quantitative estimate of drug-likeness (QED) is 0.777. The highest BCUT2D eigenvalue weighted by Gasteiger charge is 2.12. The summed E-state index contributed by atoms with van der Waals surface area (Å²) in [5, 5.41) is 24.0. The molecule has 0 saturated heterocycles. The van der Waals surface area contributed by atoms with E-state index in [2.05, 4.69) is 35.1 Å². The van der Waals surface area contributed by atoms with Crippen LogP contribution in [0, 0.1) is 21.3 Å². The van der Waals surface area contributed by atoms with Gasteiger partial charge in [-0.15, -0.1) is 0 Å². The van der Waals surface area contributed by atoms with Crippen LogP contribution in [0.4, 0.5) is 0 Å². The first kappa shape index (κ1) is 12.8. The SMILES string of the molecule is N#CSCC(SC#N)c1ccc2ccccc2c1. The molecule has 0 heterocycles. The fourth-order valence-electron chi connectivity index (χ4n) is 1.78. The molecule has 0 bridgehead atoms. The van der Waals surface area contributed by atoms with Crippen molar-refractivity contribution in [2.75, 3.05) is 5.75 Å². The average molecular weight is 270 g/mol. The summed E-state index contributed by atoms with van der Waals surface area (Å²) in [6.45, 7) is 0. The molecule has 18 heavy (non-hydrogen) atoms. The van der Waals surface area contributed by atoms with E-state index in [4.69, 9.17) is 10.5 Å². The molecule has 2 nitrogen and oxygen atoms in total. The third-order valence-corrected chi connectivity index (χ3v) is 4.31. The maximum absolute atomic E-state index is 8.83. The van der Waals surface area contributed by atoms with Crippen LogP contribution in [0.5, 0.6) is 0 Å². The fourth-order valence-corrected chi connectivity index (χ4v) is 3.09. The van der Waals surface area contributed by atoms with Crippen LogP contribution in [0.2, 0.25) is 0 Å². The molecule has 0 amide bonds. The van der Waals surface area contributed by atoms with E-state index in [1.807, 2.05) is 18.2 Å². The van der Waals surface area contributed by atoms with Gasteiger partial charge in [0.25, 0.3) is 0 Å².